The molecule has 0 aromatic rings. The normalized spacial score (nSPS) is 49.1. The Bertz CT molecular complexity index is 680. The average molecular weight is 401 g/mol. The van der Waals surface area contributed by atoms with E-state index in [0.717, 1.165) is 48.3 Å². The Morgan fingerprint density at radius 1 is 1.03 bits per heavy atom. The first-order valence-corrected chi connectivity index (χ1v) is 12.8. The summed E-state index contributed by atoms with van der Waals surface area (Å²) < 4.78 is 6.34. The molecular formula is C27H44O2. The maximum absolute atomic E-state index is 10.4. The van der Waals surface area contributed by atoms with Crippen LogP contribution in [-0.2, 0) is 4.74 Å². The number of allylic oxidation sites excluding steroid dienone is 1. The maximum atomic E-state index is 10.4. The van der Waals surface area contributed by atoms with Crippen LogP contribution in [-0.4, -0.2) is 17.3 Å². The van der Waals surface area contributed by atoms with Crippen LogP contribution in [0.2, 0.25) is 0 Å². The second kappa shape index (κ2) is 7.01. The van der Waals surface area contributed by atoms with Crippen LogP contribution in [0.25, 0.3) is 0 Å². The number of rotatable bonds is 5. The van der Waals surface area contributed by atoms with E-state index < -0.39 is 0 Å². The van der Waals surface area contributed by atoms with Gasteiger partial charge in [-0.25, -0.2) is 0 Å². The quantitative estimate of drug-likeness (QED) is 0.554. The Labute approximate surface area is 178 Å². The zero-order valence-corrected chi connectivity index (χ0v) is 19.5. The van der Waals surface area contributed by atoms with Crippen molar-refractivity contribution in [1.29, 1.82) is 0 Å². The van der Waals surface area contributed by atoms with Gasteiger partial charge in [-0.2, -0.15) is 0 Å². The summed E-state index contributed by atoms with van der Waals surface area (Å²) in [6.45, 7) is 12.5. The Balaban J connectivity index is 1.35. The smallest absolute Gasteiger partial charge is 0.125 e. The lowest BCUT2D eigenvalue weighted by Crippen LogP contribution is -2.57. The molecule has 2 aliphatic heterocycles. The Kier molecular flexibility index (Phi) is 4.93. The van der Waals surface area contributed by atoms with Crippen LogP contribution in [0.5, 0.6) is 0 Å². The molecule has 0 radical (unpaired) electrons. The molecule has 0 amide bonds. The van der Waals surface area contributed by atoms with Gasteiger partial charge in [-0.15, -0.1) is 0 Å². The summed E-state index contributed by atoms with van der Waals surface area (Å²) in [5.74, 6) is 6.49. The highest BCUT2D eigenvalue weighted by Crippen LogP contribution is 2.69. The topological polar surface area (TPSA) is 29.5 Å². The highest BCUT2D eigenvalue weighted by atomic mass is 16.5. The van der Waals surface area contributed by atoms with Crippen molar-refractivity contribution in [3.8, 4) is 0 Å². The maximum Gasteiger partial charge on any atom is 0.125 e. The molecule has 1 unspecified atom stereocenters. The van der Waals surface area contributed by atoms with E-state index in [-0.39, 0.29) is 12.2 Å². The van der Waals surface area contributed by atoms with Crippen molar-refractivity contribution in [3.63, 3.8) is 0 Å². The lowest BCUT2D eigenvalue weighted by molar-refractivity contribution is -0.143. The molecule has 0 aromatic carbocycles. The minimum absolute atomic E-state index is 0.0686. The molecular weight excluding hydrogens is 356 g/mol. The highest BCUT2D eigenvalue weighted by molar-refractivity contribution is 5.33. The van der Waals surface area contributed by atoms with Gasteiger partial charge in [0.2, 0.25) is 0 Å². The van der Waals surface area contributed by atoms with E-state index in [1.807, 2.05) is 0 Å². The molecule has 9 atom stereocenters. The monoisotopic (exact) mass is 400 g/mol. The average Bonchev–Trinajstić information content (AvgIpc) is 2.99. The minimum atomic E-state index is -0.255. The Morgan fingerprint density at radius 2 is 1.83 bits per heavy atom. The van der Waals surface area contributed by atoms with Crippen molar-refractivity contribution >= 4 is 0 Å². The molecule has 6 rings (SSSR count). The van der Waals surface area contributed by atoms with Gasteiger partial charge in [-0.05, 0) is 84.0 Å². The second-order valence-electron chi connectivity index (χ2n) is 12.6. The first-order chi connectivity index (χ1) is 13.7. The summed E-state index contributed by atoms with van der Waals surface area (Å²) in [5, 5.41) is 10.4. The molecule has 3 fully saturated rings. The van der Waals surface area contributed by atoms with Gasteiger partial charge in [0.05, 0.1) is 11.9 Å². The molecule has 4 bridgehead atoms. The first kappa shape index (κ1) is 20.4. The molecule has 29 heavy (non-hydrogen) atoms. The fraction of sp³-hybridized carbons (Fsp3) is 0.926. The van der Waals surface area contributed by atoms with E-state index in [2.05, 4.69) is 34.6 Å². The summed E-state index contributed by atoms with van der Waals surface area (Å²) in [4.78, 5) is 0. The van der Waals surface area contributed by atoms with Crippen molar-refractivity contribution in [1.82, 2.24) is 0 Å². The predicted molar refractivity (Wildman–Crippen MR) is 118 cm³/mol. The zero-order valence-electron chi connectivity index (χ0n) is 19.5. The van der Waals surface area contributed by atoms with Gasteiger partial charge in [-0.1, -0.05) is 53.9 Å². The summed E-state index contributed by atoms with van der Waals surface area (Å²) in [6.07, 6.45) is 12.9. The molecule has 6 aliphatic rings. The number of hydrogen-bond acceptors (Lipinski definition) is 2. The van der Waals surface area contributed by atoms with E-state index in [9.17, 15) is 5.11 Å². The molecule has 2 heterocycles. The lowest BCUT2D eigenvalue weighted by Gasteiger charge is -2.62. The number of fused-ring (bicyclic) bond motifs is 4. The molecule has 4 aliphatic carbocycles. The summed E-state index contributed by atoms with van der Waals surface area (Å²) in [7, 11) is 0. The molecule has 1 N–H and O–H groups in total. The second-order valence-corrected chi connectivity index (χ2v) is 12.6. The van der Waals surface area contributed by atoms with Crippen molar-refractivity contribution < 1.29 is 9.84 Å². The number of aliphatic hydroxyl groups is 1. The summed E-state index contributed by atoms with van der Waals surface area (Å²) in [6, 6.07) is 0. The molecule has 2 heteroatoms. The standard InChI is InChI=1S/C27H44O2/c1-16(2)7-6-8-17(3)19-9-10-20-18-13-24-22-14-23(28)25(29-24)15-27(22,5)21(18)11-12-26(19,20)4/h16-21,23,25,28H,6-15H2,1-5H3/t17-,18+,19-,20+,21+,23-,25?,26-,27-/m1/s1. The van der Waals surface area contributed by atoms with Gasteiger partial charge < -0.3 is 9.84 Å². The summed E-state index contributed by atoms with van der Waals surface area (Å²) in [5.41, 5.74) is 2.36. The zero-order chi connectivity index (χ0) is 20.6. The minimum Gasteiger partial charge on any atom is -0.492 e. The molecule has 2 nitrogen and oxygen atoms in total. The van der Waals surface area contributed by atoms with Crippen LogP contribution >= 0.6 is 0 Å². The molecule has 0 aromatic heterocycles. The molecule has 0 saturated heterocycles. The van der Waals surface area contributed by atoms with E-state index in [4.69, 9.17) is 4.74 Å². The SMILES string of the molecule is CC(C)CCC[C@@H](C)[C@H]1CC[C@H]2[C@@H]3CC4=C5C[C@@H](O)C(C[C@]5(C)[C@H]3CC[C@]12C)O4. The van der Waals surface area contributed by atoms with E-state index in [1.54, 1.807) is 0 Å². The number of hydrogen-bond donors (Lipinski definition) is 1. The van der Waals surface area contributed by atoms with Gasteiger partial charge in [0.1, 0.15) is 6.10 Å². The first-order valence-electron chi connectivity index (χ1n) is 12.8. The van der Waals surface area contributed by atoms with E-state index in [0.29, 0.717) is 10.8 Å². The highest BCUT2D eigenvalue weighted by Gasteiger charge is 2.63. The van der Waals surface area contributed by atoms with Crippen molar-refractivity contribution in [2.75, 3.05) is 0 Å². The van der Waals surface area contributed by atoms with Crippen molar-refractivity contribution in [3.05, 3.63) is 11.3 Å². The third-order valence-electron chi connectivity index (χ3n) is 10.7. The van der Waals surface area contributed by atoms with Crippen LogP contribution < -0.4 is 0 Å². The molecule has 3 saturated carbocycles. The van der Waals surface area contributed by atoms with Crippen LogP contribution in [0.3, 0.4) is 0 Å². The number of aliphatic hydroxyl groups excluding tert-OH is 1. The van der Waals surface area contributed by atoms with E-state index >= 15 is 0 Å². The van der Waals surface area contributed by atoms with Crippen LogP contribution in [0.15, 0.2) is 11.3 Å². The molecule has 0 spiro atoms. The van der Waals surface area contributed by atoms with Gasteiger partial charge in [0, 0.05) is 12.8 Å². The predicted octanol–water partition coefficient (Wildman–Crippen LogP) is 6.73. The molecule has 164 valence electrons. The van der Waals surface area contributed by atoms with Crippen LogP contribution in [0.1, 0.15) is 98.8 Å². The largest absolute Gasteiger partial charge is 0.492 e. The fourth-order valence-electron chi connectivity index (χ4n) is 9.21. The third-order valence-corrected chi connectivity index (χ3v) is 10.7. The van der Waals surface area contributed by atoms with Gasteiger partial charge in [0.25, 0.3) is 0 Å². The van der Waals surface area contributed by atoms with Gasteiger partial charge >= 0.3 is 0 Å². The fourth-order valence-corrected chi connectivity index (χ4v) is 9.21. The Morgan fingerprint density at radius 3 is 2.55 bits per heavy atom. The van der Waals surface area contributed by atoms with Crippen LogP contribution in [0, 0.1) is 46.3 Å². The van der Waals surface area contributed by atoms with Gasteiger partial charge in [-0.3, -0.25) is 0 Å². The lowest BCUT2D eigenvalue weighted by atomic mass is 9.45. The van der Waals surface area contributed by atoms with E-state index in [1.165, 1.54) is 62.7 Å². The van der Waals surface area contributed by atoms with Crippen molar-refractivity contribution in [2.24, 2.45) is 46.3 Å². The van der Waals surface area contributed by atoms with Gasteiger partial charge in [0.15, 0.2) is 0 Å². The van der Waals surface area contributed by atoms with Crippen LogP contribution in [0.4, 0.5) is 0 Å². The van der Waals surface area contributed by atoms with Crippen molar-refractivity contribution in [2.45, 2.75) is 111 Å². The third kappa shape index (κ3) is 2.98. The Hall–Kier alpha value is -0.500. The number of ether oxygens (including phenoxy) is 1. The summed E-state index contributed by atoms with van der Waals surface area (Å²) >= 11 is 0.